The maximum atomic E-state index is 5.92. The standard InChI is InChI=1S/C14H25N3O/c1-4-7-13(18-6-3)14-16-9-11(10-17-14)8-12(15)5-2/h9-10,12-13H,4-8,15H2,1-3H3. The van der Waals surface area contributed by atoms with E-state index < -0.39 is 0 Å². The van der Waals surface area contributed by atoms with Crippen molar-refractivity contribution in [3.8, 4) is 0 Å². The Kier molecular flexibility index (Phi) is 6.83. The normalized spacial score (nSPS) is 14.4. The molecule has 4 heteroatoms. The Morgan fingerprint density at radius 3 is 2.39 bits per heavy atom. The predicted molar refractivity (Wildman–Crippen MR) is 73.3 cm³/mol. The van der Waals surface area contributed by atoms with Crippen molar-refractivity contribution in [2.75, 3.05) is 6.61 Å². The van der Waals surface area contributed by atoms with Gasteiger partial charge in [-0.3, -0.25) is 0 Å². The van der Waals surface area contributed by atoms with Gasteiger partial charge >= 0.3 is 0 Å². The summed E-state index contributed by atoms with van der Waals surface area (Å²) in [5.41, 5.74) is 7.02. The molecule has 2 unspecified atom stereocenters. The van der Waals surface area contributed by atoms with Crippen molar-refractivity contribution in [2.45, 2.75) is 58.6 Å². The SMILES string of the molecule is CCCC(OCC)c1ncc(CC(N)CC)cn1. The van der Waals surface area contributed by atoms with Gasteiger partial charge in [0.1, 0.15) is 6.10 Å². The van der Waals surface area contributed by atoms with Crippen LogP contribution in [0.2, 0.25) is 0 Å². The average molecular weight is 251 g/mol. The van der Waals surface area contributed by atoms with Gasteiger partial charge in [-0.05, 0) is 31.7 Å². The minimum absolute atomic E-state index is 0.0221. The third kappa shape index (κ3) is 4.70. The van der Waals surface area contributed by atoms with Crippen molar-refractivity contribution in [3.05, 3.63) is 23.8 Å². The van der Waals surface area contributed by atoms with Crippen LogP contribution in [0.25, 0.3) is 0 Å². The van der Waals surface area contributed by atoms with Gasteiger partial charge < -0.3 is 10.5 Å². The molecule has 0 aliphatic rings. The van der Waals surface area contributed by atoms with Crippen LogP contribution >= 0.6 is 0 Å². The van der Waals surface area contributed by atoms with Crippen LogP contribution in [0.1, 0.15) is 57.5 Å². The third-order valence-corrected chi connectivity index (χ3v) is 2.95. The highest BCUT2D eigenvalue weighted by atomic mass is 16.5. The summed E-state index contributed by atoms with van der Waals surface area (Å²) in [5.74, 6) is 0.785. The molecule has 1 rings (SSSR count). The van der Waals surface area contributed by atoms with Crippen LogP contribution in [0.5, 0.6) is 0 Å². The second-order valence-corrected chi connectivity index (χ2v) is 4.55. The molecule has 0 spiro atoms. The first-order valence-electron chi connectivity index (χ1n) is 6.89. The van der Waals surface area contributed by atoms with Crippen molar-refractivity contribution in [3.63, 3.8) is 0 Å². The highest BCUT2D eigenvalue weighted by molar-refractivity contribution is 5.08. The highest BCUT2D eigenvalue weighted by Crippen LogP contribution is 2.19. The Bertz CT molecular complexity index is 320. The van der Waals surface area contributed by atoms with Gasteiger partial charge in [0.25, 0.3) is 0 Å². The Morgan fingerprint density at radius 1 is 1.22 bits per heavy atom. The molecule has 1 aromatic rings. The minimum atomic E-state index is 0.0221. The minimum Gasteiger partial charge on any atom is -0.371 e. The summed E-state index contributed by atoms with van der Waals surface area (Å²) in [7, 11) is 0. The van der Waals surface area contributed by atoms with E-state index in [-0.39, 0.29) is 12.1 Å². The number of nitrogens with two attached hydrogens (primary N) is 1. The molecule has 18 heavy (non-hydrogen) atoms. The molecule has 2 atom stereocenters. The first kappa shape index (κ1) is 15.1. The zero-order valence-corrected chi connectivity index (χ0v) is 11.7. The van der Waals surface area contributed by atoms with Crippen LogP contribution in [0.3, 0.4) is 0 Å². The van der Waals surface area contributed by atoms with E-state index in [1.165, 1.54) is 0 Å². The largest absolute Gasteiger partial charge is 0.371 e. The Labute approximate surface area is 110 Å². The van der Waals surface area contributed by atoms with Crippen LogP contribution in [0, 0.1) is 0 Å². The monoisotopic (exact) mass is 251 g/mol. The lowest BCUT2D eigenvalue weighted by atomic mass is 10.1. The molecule has 0 radical (unpaired) electrons. The van der Waals surface area contributed by atoms with Gasteiger partial charge in [-0.2, -0.15) is 0 Å². The summed E-state index contributed by atoms with van der Waals surface area (Å²) in [6.45, 7) is 6.92. The summed E-state index contributed by atoms with van der Waals surface area (Å²) in [4.78, 5) is 8.82. The molecular weight excluding hydrogens is 226 g/mol. The van der Waals surface area contributed by atoms with Gasteiger partial charge in [-0.15, -0.1) is 0 Å². The number of nitrogens with zero attached hydrogens (tertiary/aromatic N) is 2. The summed E-state index contributed by atoms with van der Waals surface area (Å²) in [6, 6.07) is 0.192. The number of aromatic nitrogens is 2. The molecule has 1 aromatic heterocycles. The maximum absolute atomic E-state index is 5.92. The molecule has 4 nitrogen and oxygen atoms in total. The fourth-order valence-electron chi connectivity index (χ4n) is 1.83. The van der Waals surface area contributed by atoms with Crippen LogP contribution in [0.4, 0.5) is 0 Å². The van der Waals surface area contributed by atoms with Crippen LogP contribution in [0.15, 0.2) is 12.4 Å². The summed E-state index contributed by atoms with van der Waals surface area (Å²) < 4.78 is 5.66. The van der Waals surface area contributed by atoms with Gasteiger partial charge in [-0.25, -0.2) is 9.97 Å². The Morgan fingerprint density at radius 2 is 1.89 bits per heavy atom. The van der Waals surface area contributed by atoms with Gasteiger partial charge in [0, 0.05) is 25.0 Å². The smallest absolute Gasteiger partial charge is 0.157 e. The van der Waals surface area contributed by atoms with Crippen LogP contribution in [-0.2, 0) is 11.2 Å². The van der Waals surface area contributed by atoms with E-state index in [2.05, 4.69) is 23.8 Å². The van der Waals surface area contributed by atoms with E-state index in [9.17, 15) is 0 Å². The second kappa shape index (κ2) is 8.16. The van der Waals surface area contributed by atoms with Gasteiger partial charge in [-0.1, -0.05) is 20.3 Å². The summed E-state index contributed by atoms with van der Waals surface area (Å²) in [6.07, 6.45) is 7.61. The number of hydrogen-bond acceptors (Lipinski definition) is 4. The molecule has 102 valence electrons. The lowest BCUT2D eigenvalue weighted by Crippen LogP contribution is -2.21. The van der Waals surface area contributed by atoms with Crippen LogP contribution < -0.4 is 5.73 Å². The van der Waals surface area contributed by atoms with Gasteiger partial charge in [0.05, 0.1) is 0 Å². The lowest BCUT2D eigenvalue weighted by Gasteiger charge is -2.15. The Balaban J connectivity index is 2.67. The molecule has 0 aliphatic heterocycles. The van der Waals surface area contributed by atoms with E-state index in [0.717, 1.165) is 37.1 Å². The van der Waals surface area contributed by atoms with Gasteiger partial charge in [0.15, 0.2) is 5.82 Å². The zero-order valence-electron chi connectivity index (χ0n) is 11.7. The number of hydrogen-bond donors (Lipinski definition) is 1. The second-order valence-electron chi connectivity index (χ2n) is 4.55. The quantitative estimate of drug-likeness (QED) is 0.771. The van der Waals surface area contributed by atoms with Crippen molar-refractivity contribution in [1.82, 2.24) is 9.97 Å². The zero-order chi connectivity index (χ0) is 13.4. The van der Waals surface area contributed by atoms with Crippen LogP contribution in [-0.4, -0.2) is 22.6 Å². The molecule has 0 bridgehead atoms. The van der Waals surface area contributed by atoms with Gasteiger partial charge in [0.2, 0.25) is 0 Å². The summed E-state index contributed by atoms with van der Waals surface area (Å²) >= 11 is 0. The maximum Gasteiger partial charge on any atom is 0.157 e. The molecule has 0 fully saturated rings. The molecule has 0 aromatic carbocycles. The first-order valence-corrected chi connectivity index (χ1v) is 6.89. The molecular formula is C14H25N3O. The topological polar surface area (TPSA) is 61.0 Å². The van der Waals surface area contributed by atoms with E-state index in [4.69, 9.17) is 10.5 Å². The highest BCUT2D eigenvalue weighted by Gasteiger charge is 2.13. The van der Waals surface area contributed by atoms with Crippen molar-refractivity contribution in [2.24, 2.45) is 5.73 Å². The molecule has 2 N–H and O–H groups in total. The van der Waals surface area contributed by atoms with E-state index in [1.807, 2.05) is 19.3 Å². The molecule has 0 saturated carbocycles. The molecule has 1 heterocycles. The number of ether oxygens (including phenoxy) is 1. The fraction of sp³-hybridized carbons (Fsp3) is 0.714. The van der Waals surface area contributed by atoms with Crippen molar-refractivity contribution in [1.29, 1.82) is 0 Å². The fourth-order valence-corrected chi connectivity index (χ4v) is 1.83. The summed E-state index contributed by atoms with van der Waals surface area (Å²) in [5, 5.41) is 0. The molecule has 0 aliphatic carbocycles. The molecule has 0 saturated heterocycles. The average Bonchev–Trinajstić information content (AvgIpc) is 2.39. The predicted octanol–water partition coefficient (Wildman–Crippen LogP) is 2.63. The first-order chi connectivity index (χ1) is 8.71. The van der Waals surface area contributed by atoms with E-state index >= 15 is 0 Å². The van der Waals surface area contributed by atoms with Crippen molar-refractivity contribution < 1.29 is 4.74 Å². The van der Waals surface area contributed by atoms with Crippen molar-refractivity contribution >= 4 is 0 Å². The number of rotatable bonds is 8. The third-order valence-electron chi connectivity index (χ3n) is 2.95. The lowest BCUT2D eigenvalue weighted by molar-refractivity contribution is 0.0493. The Hall–Kier alpha value is -1.00. The molecule has 0 amide bonds. The van der Waals surface area contributed by atoms with E-state index in [1.54, 1.807) is 0 Å². The van der Waals surface area contributed by atoms with E-state index in [0.29, 0.717) is 6.61 Å².